The molecule has 150 valence electrons. The number of amides is 1. The minimum atomic E-state index is -3.52. The number of rotatable bonds is 4. The zero-order valence-electron chi connectivity index (χ0n) is 15.4. The normalized spacial score (nSPS) is 11.7. The van der Waals surface area contributed by atoms with Gasteiger partial charge in [-0.15, -0.1) is 10.2 Å². The number of aromatic hydroxyl groups is 2. The number of fused-ring (bicyclic) bond motifs is 1. The number of carbonyl (C=O) groups is 1. The van der Waals surface area contributed by atoms with Crippen LogP contribution in [0.5, 0.6) is 17.2 Å². The minimum Gasteiger partial charge on any atom is -0.506 e. The number of azo groups is 1. The highest BCUT2D eigenvalue weighted by Crippen LogP contribution is 2.42. The fourth-order valence-electron chi connectivity index (χ4n) is 2.57. The molecule has 0 radical (unpaired) electrons. The van der Waals surface area contributed by atoms with Gasteiger partial charge >= 0.3 is 6.09 Å². The van der Waals surface area contributed by atoms with Crippen molar-refractivity contribution >= 4 is 38.1 Å². The number of phenols is 2. The molecule has 3 N–H and O–H groups in total. The Balaban J connectivity index is 2.16. The molecule has 9 nitrogen and oxygen atoms in total. The summed E-state index contributed by atoms with van der Waals surface area (Å²) in [6.07, 6.45) is 0.321. The molecule has 0 aliphatic rings. The predicted molar refractivity (Wildman–Crippen MR) is 106 cm³/mol. The summed E-state index contributed by atoms with van der Waals surface area (Å²) in [5.74, 6) is -0.392. The van der Waals surface area contributed by atoms with E-state index in [1.807, 2.05) is 0 Å². The number of nitrogens with one attached hydrogen (secondary N) is 1. The molecule has 3 rings (SSSR count). The molecular weight excluding hydrogens is 398 g/mol. The fraction of sp³-hybridized carbons (Fsp3) is 0.105. The quantitative estimate of drug-likeness (QED) is 0.554. The molecule has 29 heavy (non-hydrogen) atoms. The van der Waals surface area contributed by atoms with E-state index in [1.165, 1.54) is 31.3 Å². The smallest absolute Gasteiger partial charge is 0.412 e. The molecule has 0 aromatic heterocycles. The summed E-state index contributed by atoms with van der Waals surface area (Å²) in [4.78, 5) is 11.6. The van der Waals surface area contributed by atoms with E-state index in [-0.39, 0.29) is 33.5 Å². The lowest BCUT2D eigenvalue weighted by molar-refractivity contribution is 0.203. The first-order valence-corrected chi connectivity index (χ1v) is 10.2. The van der Waals surface area contributed by atoms with Gasteiger partial charge in [-0.3, -0.25) is 0 Å². The van der Waals surface area contributed by atoms with Crippen molar-refractivity contribution in [1.29, 1.82) is 0 Å². The highest BCUT2D eigenvalue weighted by molar-refractivity contribution is 7.90. The van der Waals surface area contributed by atoms with Crippen LogP contribution in [0, 0.1) is 0 Å². The van der Waals surface area contributed by atoms with Gasteiger partial charge in [-0.25, -0.2) is 13.2 Å². The topological polar surface area (TPSA) is 138 Å². The molecule has 0 unspecified atom stereocenters. The second kappa shape index (κ2) is 7.76. The van der Waals surface area contributed by atoms with E-state index >= 15 is 0 Å². The maximum absolute atomic E-state index is 11.7. The Bertz CT molecular complexity index is 1240. The van der Waals surface area contributed by atoms with Gasteiger partial charge in [-0.1, -0.05) is 18.2 Å². The number of hydrogen-bond acceptors (Lipinski definition) is 8. The zero-order valence-corrected chi connectivity index (χ0v) is 16.3. The lowest BCUT2D eigenvalue weighted by Gasteiger charge is -2.10. The van der Waals surface area contributed by atoms with Crippen LogP contribution in [0.15, 0.2) is 63.7 Å². The summed E-state index contributed by atoms with van der Waals surface area (Å²) >= 11 is 0. The monoisotopic (exact) mass is 415 g/mol. The number of ether oxygens (including phenoxy) is 1. The summed E-state index contributed by atoms with van der Waals surface area (Å²) < 4.78 is 28.7. The van der Waals surface area contributed by atoms with Gasteiger partial charge in [-0.2, -0.15) is 0 Å². The lowest BCUT2D eigenvalue weighted by Crippen LogP contribution is -2.22. The summed E-state index contributed by atoms with van der Waals surface area (Å²) in [6, 6.07) is 11.5. The van der Waals surface area contributed by atoms with Crippen molar-refractivity contribution in [1.82, 2.24) is 5.32 Å². The van der Waals surface area contributed by atoms with E-state index in [2.05, 4.69) is 15.5 Å². The maximum atomic E-state index is 11.7. The first-order valence-electron chi connectivity index (χ1n) is 8.30. The summed E-state index contributed by atoms with van der Waals surface area (Å²) in [7, 11) is -2.11. The molecule has 0 spiro atoms. The first kappa shape index (κ1) is 20.1. The molecule has 3 aromatic rings. The molecule has 0 fully saturated rings. The molecule has 0 atom stereocenters. The molecular formula is C19H17N3O6S. The largest absolute Gasteiger partial charge is 0.506 e. The van der Waals surface area contributed by atoms with E-state index in [9.17, 15) is 23.4 Å². The van der Waals surface area contributed by atoms with Gasteiger partial charge in [0.1, 0.15) is 28.6 Å². The summed E-state index contributed by atoms with van der Waals surface area (Å²) in [5.41, 5.74) is -0.111. The number of hydrogen-bond donors (Lipinski definition) is 3. The van der Waals surface area contributed by atoms with Crippen LogP contribution in [0.25, 0.3) is 10.8 Å². The minimum absolute atomic E-state index is 0.00818. The van der Waals surface area contributed by atoms with Crippen molar-refractivity contribution in [3.05, 3.63) is 48.5 Å². The Hall–Kier alpha value is -3.66. The first-order chi connectivity index (χ1) is 13.7. The zero-order chi connectivity index (χ0) is 21.2. The van der Waals surface area contributed by atoms with Crippen LogP contribution in [-0.2, 0) is 9.84 Å². The van der Waals surface area contributed by atoms with Crippen molar-refractivity contribution < 1.29 is 28.2 Å². The Kier molecular flexibility index (Phi) is 5.37. The molecule has 0 aliphatic carbocycles. The van der Waals surface area contributed by atoms with Crippen LogP contribution < -0.4 is 10.1 Å². The molecule has 1 amide bonds. The second-order valence-corrected chi connectivity index (χ2v) is 8.07. The number of benzene rings is 3. The van der Waals surface area contributed by atoms with Crippen LogP contribution in [0.2, 0.25) is 0 Å². The average molecular weight is 415 g/mol. The standard InChI is InChI=1S/C19H17N3O6S/c1-20-19(25)28-16-5-3-4-11-6-8-15(24)18(17(11)16)22-21-13-10-12(29(2,26)27)7-9-14(13)23/h3-10,23-24H,1-2H3,(H,20,25). The molecule has 0 saturated carbocycles. The van der Waals surface area contributed by atoms with Gasteiger partial charge < -0.3 is 20.3 Å². The predicted octanol–water partition coefficient (Wildman–Crippen LogP) is 3.79. The van der Waals surface area contributed by atoms with Crippen LogP contribution in [0.4, 0.5) is 16.2 Å². The molecule has 10 heteroatoms. The highest BCUT2D eigenvalue weighted by Gasteiger charge is 2.15. The molecule has 0 heterocycles. The average Bonchev–Trinajstić information content (AvgIpc) is 2.67. The Morgan fingerprint density at radius 1 is 1.03 bits per heavy atom. The fourth-order valence-corrected chi connectivity index (χ4v) is 3.21. The second-order valence-electron chi connectivity index (χ2n) is 6.05. The van der Waals surface area contributed by atoms with Crippen molar-refractivity contribution in [2.75, 3.05) is 13.3 Å². The Labute approximate surface area is 166 Å². The van der Waals surface area contributed by atoms with Crippen LogP contribution in [0.1, 0.15) is 0 Å². The maximum Gasteiger partial charge on any atom is 0.412 e. The Morgan fingerprint density at radius 2 is 1.76 bits per heavy atom. The van der Waals surface area contributed by atoms with E-state index in [1.54, 1.807) is 18.2 Å². The highest BCUT2D eigenvalue weighted by atomic mass is 32.2. The van der Waals surface area contributed by atoms with Crippen molar-refractivity contribution in [3.63, 3.8) is 0 Å². The van der Waals surface area contributed by atoms with E-state index in [0.29, 0.717) is 10.8 Å². The third-order valence-electron chi connectivity index (χ3n) is 4.00. The molecule has 0 saturated heterocycles. The van der Waals surface area contributed by atoms with E-state index in [4.69, 9.17) is 4.74 Å². The third kappa shape index (κ3) is 4.27. The van der Waals surface area contributed by atoms with Gasteiger partial charge in [0.2, 0.25) is 0 Å². The number of phenolic OH excluding ortho intramolecular Hbond substituents is 2. The van der Waals surface area contributed by atoms with Crippen LogP contribution in [0.3, 0.4) is 0 Å². The van der Waals surface area contributed by atoms with E-state index in [0.717, 1.165) is 12.3 Å². The van der Waals surface area contributed by atoms with Gasteiger partial charge in [0.15, 0.2) is 9.84 Å². The summed E-state index contributed by atoms with van der Waals surface area (Å²) in [5, 5.41) is 31.4. The van der Waals surface area contributed by atoms with Crippen molar-refractivity contribution in [3.8, 4) is 17.2 Å². The van der Waals surface area contributed by atoms with Gasteiger partial charge in [0.05, 0.1) is 10.3 Å². The van der Waals surface area contributed by atoms with E-state index < -0.39 is 15.9 Å². The van der Waals surface area contributed by atoms with Crippen molar-refractivity contribution in [2.45, 2.75) is 4.90 Å². The van der Waals surface area contributed by atoms with Crippen LogP contribution in [-0.4, -0.2) is 38.0 Å². The van der Waals surface area contributed by atoms with Crippen molar-refractivity contribution in [2.24, 2.45) is 10.2 Å². The van der Waals surface area contributed by atoms with Gasteiger partial charge in [-0.05, 0) is 35.7 Å². The number of sulfone groups is 1. The Morgan fingerprint density at radius 3 is 2.45 bits per heavy atom. The van der Waals surface area contributed by atoms with Crippen LogP contribution >= 0.6 is 0 Å². The molecule has 3 aromatic carbocycles. The third-order valence-corrected chi connectivity index (χ3v) is 5.11. The van der Waals surface area contributed by atoms with Gasteiger partial charge in [0.25, 0.3) is 0 Å². The van der Waals surface area contributed by atoms with Gasteiger partial charge in [0, 0.05) is 13.3 Å². The SMILES string of the molecule is CNC(=O)Oc1cccc2ccc(O)c(N=Nc3cc(S(C)(=O)=O)ccc3O)c12. The lowest BCUT2D eigenvalue weighted by atomic mass is 10.1. The summed E-state index contributed by atoms with van der Waals surface area (Å²) in [6.45, 7) is 0. The number of nitrogens with zero attached hydrogens (tertiary/aromatic N) is 2. The molecule has 0 aliphatic heterocycles. The molecule has 0 bridgehead atoms. The number of carbonyl (C=O) groups excluding carboxylic acids is 1.